The van der Waals surface area contributed by atoms with Gasteiger partial charge in [-0.25, -0.2) is 4.39 Å². The highest BCUT2D eigenvalue weighted by Gasteiger charge is 2.35. The van der Waals surface area contributed by atoms with E-state index in [-0.39, 0.29) is 23.5 Å². The van der Waals surface area contributed by atoms with Crippen molar-refractivity contribution in [3.8, 4) is 0 Å². The summed E-state index contributed by atoms with van der Waals surface area (Å²) in [4.78, 5) is 31.3. The van der Waals surface area contributed by atoms with Crippen LogP contribution in [0.3, 0.4) is 0 Å². The molecule has 31 heavy (non-hydrogen) atoms. The first kappa shape index (κ1) is 20.8. The van der Waals surface area contributed by atoms with Gasteiger partial charge in [0.1, 0.15) is 11.9 Å². The van der Waals surface area contributed by atoms with Gasteiger partial charge in [-0.3, -0.25) is 14.6 Å². The molecular weight excluding hydrogens is 395 g/mol. The molecule has 1 aliphatic heterocycles. The highest BCUT2D eigenvalue weighted by Crippen LogP contribution is 2.32. The van der Waals surface area contributed by atoms with E-state index in [1.54, 1.807) is 29.4 Å². The number of pyridine rings is 1. The third kappa shape index (κ3) is 4.35. The summed E-state index contributed by atoms with van der Waals surface area (Å²) in [5, 5.41) is 7.95. The number of hydrogen-bond acceptors (Lipinski definition) is 4. The zero-order valence-electron chi connectivity index (χ0n) is 17.6. The number of fused-ring (bicyclic) bond motifs is 1. The monoisotopic (exact) mass is 420 g/mol. The fourth-order valence-electron chi connectivity index (χ4n) is 4.07. The topological polar surface area (TPSA) is 74.3 Å². The highest BCUT2D eigenvalue weighted by atomic mass is 19.1. The quantitative estimate of drug-likeness (QED) is 0.606. The summed E-state index contributed by atoms with van der Waals surface area (Å²) in [6.45, 7) is 4.51. The van der Waals surface area contributed by atoms with Crippen molar-refractivity contribution >= 4 is 39.6 Å². The van der Waals surface area contributed by atoms with Gasteiger partial charge < -0.3 is 15.5 Å². The van der Waals surface area contributed by atoms with Crippen LogP contribution in [0.25, 0.3) is 10.8 Å². The Morgan fingerprint density at radius 1 is 1.06 bits per heavy atom. The summed E-state index contributed by atoms with van der Waals surface area (Å²) in [5.41, 5.74) is 2.20. The summed E-state index contributed by atoms with van der Waals surface area (Å²) in [5.74, 6) is -0.478. The van der Waals surface area contributed by atoms with Crippen LogP contribution >= 0.6 is 0 Å². The van der Waals surface area contributed by atoms with Crippen molar-refractivity contribution in [1.29, 1.82) is 0 Å². The number of anilines is 3. The van der Waals surface area contributed by atoms with Gasteiger partial charge in [-0.15, -0.1) is 0 Å². The van der Waals surface area contributed by atoms with Crippen molar-refractivity contribution in [1.82, 2.24) is 9.88 Å². The molecule has 0 radical (unpaired) electrons. The van der Waals surface area contributed by atoms with E-state index < -0.39 is 6.04 Å². The summed E-state index contributed by atoms with van der Waals surface area (Å²) in [6, 6.07) is 11.2. The third-order valence-corrected chi connectivity index (χ3v) is 5.55. The lowest BCUT2D eigenvalue weighted by Crippen LogP contribution is -2.48. The second-order valence-corrected chi connectivity index (χ2v) is 8.08. The first-order valence-electron chi connectivity index (χ1n) is 10.4. The molecule has 2 aromatic carbocycles. The fraction of sp³-hybridized carbons (Fsp3) is 0.292. The molecule has 0 bridgehead atoms. The van der Waals surface area contributed by atoms with E-state index in [9.17, 15) is 14.0 Å². The van der Waals surface area contributed by atoms with E-state index in [1.165, 1.54) is 12.1 Å². The Balaban J connectivity index is 1.63. The van der Waals surface area contributed by atoms with Crippen LogP contribution in [0.1, 0.15) is 26.7 Å². The number of likely N-dealkylation sites (tertiary alicyclic amines) is 1. The van der Waals surface area contributed by atoms with E-state index in [0.717, 1.165) is 28.6 Å². The lowest BCUT2D eigenvalue weighted by molar-refractivity contribution is -0.136. The maximum atomic E-state index is 13.2. The predicted octanol–water partition coefficient (Wildman–Crippen LogP) is 4.70. The first-order valence-corrected chi connectivity index (χ1v) is 10.4. The largest absolute Gasteiger partial charge is 0.355 e. The second kappa shape index (κ2) is 8.71. The molecular formula is C24H25FN4O2. The lowest BCUT2D eigenvalue weighted by Gasteiger charge is -2.30. The Morgan fingerprint density at radius 2 is 1.81 bits per heavy atom. The van der Waals surface area contributed by atoms with Crippen molar-refractivity contribution in [2.45, 2.75) is 32.7 Å². The smallest absolute Gasteiger partial charge is 0.247 e. The van der Waals surface area contributed by atoms with Crippen LogP contribution in [0.5, 0.6) is 0 Å². The van der Waals surface area contributed by atoms with E-state index >= 15 is 0 Å². The fourth-order valence-corrected chi connectivity index (χ4v) is 4.07. The molecule has 7 heteroatoms. The summed E-state index contributed by atoms with van der Waals surface area (Å²) < 4.78 is 13.2. The van der Waals surface area contributed by atoms with E-state index in [1.807, 2.05) is 32.0 Å². The average molecular weight is 420 g/mol. The second-order valence-electron chi connectivity index (χ2n) is 8.08. The van der Waals surface area contributed by atoms with E-state index in [0.29, 0.717) is 18.7 Å². The average Bonchev–Trinajstić information content (AvgIpc) is 3.16. The maximum Gasteiger partial charge on any atom is 0.247 e. The van der Waals surface area contributed by atoms with E-state index in [2.05, 4.69) is 15.6 Å². The van der Waals surface area contributed by atoms with Crippen LogP contribution in [-0.4, -0.2) is 34.3 Å². The molecule has 2 heterocycles. The van der Waals surface area contributed by atoms with Gasteiger partial charge in [0.25, 0.3) is 0 Å². The molecule has 4 rings (SSSR count). The van der Waals surface area contributed by atoms with Crippen LogP contribution < -0.4 is 10.6 Å². The number of amides is 2. The Kier molecular flexibility index (Phi) is 5.84. The molecule has 0 spiro atoms. The number of carbonyl (C=O) groups is 2. The summed E-state index contributed by atoms with van der Waals surface area (Å²) >= 11 is 0. The number of aromatic nitrogens is 1. The minimum atomic E-state index is -0.515. The highest BCUT2D eigenvalue weighted by molar-refractivity contribution is 6.08. The van der Waals surface area contributed by atoms with Crippen molar-refractivity contribution in [3.63, 3.8) is 0 Å². The molecule has 1 fully saturated rings. The zero-order valence-corrected chi connectivity index (χ0v) is 17.6. The van der Waals surface area contributed by atoms with Crippen molar-refractivity contribution in [2.75, 3.05) is 17.2 Å². The third-order valence-electron chi connectivity index (χ3n) is 5.55. The van der Waals surface area contributed by atoms with Crippen LogP contribution in [-0.2, 0) is 9.59 Å². The minimum absolute atomic E-state index is 0.00847. The van der Waals surface area contributed by atoms with Crippen LogP contribution in [0.15, 0.2) is 54.9 Å². The number of hydrogen-bond donors (Lipinski definition) is 2. The van der Waals surface area contributed by atoms with E-state index in [4.69, 9.17) is 0 Å². The first-order chi connectivity index (χ1) is 14.9. The predicted molar refractivity (Wildman–Crippen MR) is 120 cm³/mol. The number of carbonyl (C=O) groups excluding carboxylic acids is 2. The molecule has 1 aliphatic rings. The van der Waals surface area contributed by atoms with Crippen LogP contribution in [0, 0.1) is 11.7 Å². The molecule has 1 aromatic heterocycles. The molecule has 0 unspecified atom stereocenters. The molecule has 2 N–H and O–H groups in total. The van der Waals surface area contributed by atoms with Gasteiger partial charge in [-0.05, 0) is 54.8 Å². The van der Waals surface area contributed by atoms with Crippen molar-refractivity contribution in [2.24, 2.45) is 5.92 Å². The number of nitrogens with one attached hydrogen (secondary N) is 2. The molecule has 160 valence electrons. The van der Waals surface area contributed by atoms with Gasteiger partial charge in [0.15, 0.2) is 0 Å². The number of nitrogens with zero attached hydrogens (tertiary/aromatic N) is 2. The molecule has 2 amide bonds. The van der Waals surface area contributed by atoms with Crippen molar-refractivity contribution < 1.29 is 14.0 Å². The number of rotatable bonds is 6. The standard InChI is InChI=1S/C24H25FN4O2/c1-15(2)23(29-13-3-4-22(29)30)24(31)28-21-10-9-20(18-11-12-26-14-19(18)21)27-17-7-5-16(25)6-8-17/h5-12,14-15,23,27H,3-4,13H2,1-2H3,(H,28,31)/t23-/m0/s1. The Labute approximate surface area is 180 Å². The van der Waals surface area contributed by atoms with Gasteiger partial charge in [-0.1, -0.05) is 13.8 Å². The lowest BCUT2D eigenvalue weighted by atomic mass is 10.0. The molecule has 0 saturated carbocycles. The van der Waals surface area contributed by atoms with Crippen LogP contribution in [0.2, 0.25) is 0 Å². The maximum absolute atomic E-state index is 13.2. The van der Waals surface area contributed by atoms with Crippen LogP contribution in [0.4, 0.5) is 21.5 Å². The van der Waals surface area contributed by atoms with Crippen molar-refractivity contribution in [3.05, 3.63) is 60.7 Å². The Hall–Kier alpha value is -3.48. The molecule has 0 aliphatic carbocycles. The zero-order chi connectivity index (χ0) is 22.0. The summed E-state index contributed by atoms with van der Waals surface area (Å²) in [7, 11) is 0. The number of halogens is 1. The molecule has 1 saturated heterocycles. The minimum Gasteiger partial charge on any atom is -0.355 e. The molecule has 3 aromatic rings. The Morgan fingerprint density at radius 3 is 2.48 bits per heavy atom. The Bertz CT molecular complexity index is 1110. The van der Waals surface area contributed by atoms with Gasteiger partial charge in [0.2, 0.25) is 11.8 Å². The number of benzene rings is 2. The SMILES string of the molecule is CC(C)[C@@H](C(=O)Nc1ccc(Nc2ccc(F)cc2)c2ccncc12)N1CCCC1=O. The van der Waals surface area contributed by atoms with Gasteiger partial charge in [-0.2, -0.15) is 0 Å². The van der Waals surface area contributed by atoms with Gasteiger partial charge in [0.05, 0.1) is 5.69 Å². The molecule has 6 nitrogen and oxygen atoms in total. The molecule has 1 atom stereocenters. The van der Waals surface area contributed by atoms with Gasteiger partial charge >= 0.3 is 0 Å². The normalized spacial score (nSPS) is 14.8. The summed E-state index contributed by atoms with van der Waals surface area (Å²) in [6.07, 6.45) is 4.66. The van der Waals surface area contributed by atoms with Gasteiger partial charge in [0, 0.05) is 47.5 Å².